The average molecular weight is 673 g/mol. The van der Waals surface area contributed by atoms with Gasteiger partial charge in [-0.2, -0.15) is 9.97 Å². The largest absolute Gasteiger partial charge is 0.461 e. The Morgan fingerprint density at radius 3 is 2.72 bits per heavy atom. The summed E-state index contributed by atoms with van der Waals surface area (Å²) < 4.78 is 52.5. The molecule has 1 amide bonds. The maximum atomic E-state index is 16.9. The van der Waals surface area contributed by atoms with Gasteiger partial charge in [0, 0.05) is 50.0 Å². The van der Waals surface area contributed by atoms with Gasteiger partial charge in [-0.05, 0) is 81.2 Å². The number of alkyl halides is 1. The highest BCUT2D eigenvalue weighted by Crippen LogP contribution is 2.42. The van der Waals surface area contributed by atoms with Gasteiger partial charge in [0.25, 0.3) is 0 Å². The number of nitrogens with one attached hydrogen (secondary N) is 1. The molecule has 3 fully saturated rings. The summed E-state index contributed by atoms with van der Waals surface area (Å²) in [6.07, 6.45) is 4.24. The second-order valence-electron chi connectivity index (χ2n) is 13.7. The van der Waals surface area contributed by atoms with Crippen molar-refractivity contribution in [2.75, 3.05) is 50.0 Å². The zero-order valence-corrected chi connectivity index (χ0v) is 27.0. The summed E-state index contributed by atoms with van der Waals surface area (Å²) in [7, 11) is 0. The first-order valence-corrected chi connectivity index (χ1v) is 17.0. The minimum atomic E-state index is -1.10. The van der Waals surface area contributed by atoms with E-state index >= 15 is 4.39 Å². The van der Waals surface area contributed by atoms with Crippen LogP contribution in [-0.4, -0.2) is 82.5 Å². The summed E-state index contributed by atoms with van der Waals surface area (Å²) in [5, 5.41) is 14.8. The lowest BCUT2D eigenvalue weighted by Gasteiger charge is -2.40. The monoisotopic (exact) mass is 672 g/mol. The van der Waals surface area contributed by atoms with Gasteiger partial charge < -0.3 is 25.8 Å². The molecule has 5 aliphatic heterocycles. The van der Waals surface area contributed by atoms with E-state index in [4.69, 9.17) is 27.1 Å². The number of nitrogen functional groups attached to an aromatic ring is 1. The van der Waals surface area contributed by atoms with E-state index < -0.39 is 28.9 Å². The topological polar surface area (TPSA) is 117 Å². The first kappa shape index (κ1) is 32.2. The Balaban J connectivity index is 1.36. The van der Waals surface area contributed by atoms with Crippen molar-refractivity contribution in [1.82, 2.24) is 20.2 Å². The highest BCUT2D eigenvalue weighted by atomic mass is 35.5. The molecule has 9 nitrogen and oxygen atoms in total. The summed E-state index contributed by atoms with van der Waals surface area (Å²) in [5.74, 6) is -1.17. The number of carbonyl (C=O) groups excluding carboxylic acids is 1. The Kier molecular flexibility index (Phi) is 8.63. The van der Waals surface area contributed by atoms with Crippen LogP contribution in [-0.2, 0) is 11.2 Å². The number of piperidine rings is 1. The fraction of sp³-hybridized carbons (Fsp3) is 0.559. The molecule has 4 N–H and O–H groups in total. The molecular formula is C34H40ClF3N6O3. The van der Waals surface area contributed by atoms with Crippen LogP contribution in [0.3, 0.4) is 0 Å². The van der Waals surface area contributed by atoms with Crippen LogP contribution in [0, 0.1) is 11.6 Å². The molecule has 0 aliphatic carbocycles. The Labute approximate surface area is 276 Å². The van der Waals surface area contributed by atoms with Crippen LogP contribution >= 0.6 is 11.6 Å². The molecule has 6 heterocycles. The second kappa shape index (κ2) is 12.6. The number of amides is 1. The van der Waals surface area contributed by atoms with Crippen molar-refractivity contribution in [2.45, 2.75) is 81.5 Å². The third-order valence-corrected chi connectivity index (χ3v) is 10.9. The average Bonchev–Trinajstić information content (AvgIpc) is 3.57. The van der Waals surface area contributed by atoms with E-state index in [1.54, 1.807) is 12.1 Å². The van der Waals surface area contributed by atoms with Crippen LogP contribution in [0.4, 0.5) is 24.7 Å². The van der Waals surface area contributed by atoms with Crippen LogP contribution in [0.1, 0.15) is 63.4 Å². The second-order valence-corrected chi connectivity index (χ2v) is 14.1. The molecule has 3 aromatic rings. The SMILES string of the molecule is Nc1cc2c(c(Cl)c1F)CCCCC(=O)NCCC1(O)CCCN(C1)c1nc(OC[C@@]34CCCN3CC(F)C4)nc3c(F)c-2ccc13. The van der Waals surface area contributed by atoms with Gasteiger partial charge in [-0.25, -0.2) is 13.2 Å². The zero-order chi connectivity index (χ0) is 32.9. The molecule has 0 radical (unpaired) electrons. The van der Waals surface area contributed by atoms with Gasteiger partial charge in [0.15, 0.2) is 11.6 Å². The molecule has 3 atom stereocenters. The Bertz CT molecular complexity index is 1710. The summed E-state index contributed by atoms with van der Waals surface area (Å²) in [6, 6.07) is 4.67. The zero-order valence-electron chi connectivity index (χ0n) is 26.3. The van der Waals surface area contributed by atoms with Crippen LogP contribution in [0.5, 0.6) is 6.01 Å². The predicted octanol–water partition coefficient (Wildman–Crippen LogP) is 5.33. The van der Waals surface area contributed by atoms with E-state index in [0.717, 1.165) is 19.4 Å². The fourth-order valence-corrected chi connectivity index (χ4v) is 8.37. The Morgan fingerprint density at radius 2 is 1.87 bits per heavy atom. The van der Waals surface area contributed by atoms with Gasteiger partial charge >= 0.3 is 6.01 Å². The molecule has 1 aromatic heterocycles. The van der Waals surface area contributed by atoms with E-state index in [1.807, 2.05) is 4.90 Å². The van der Waals surface area contributed by atoms with Gasteiger partial charge in [-0.1, -0.05) is 17.7 Å². The molecule has 0 saturated carbocycles. The number of carbonyl (C=O) groups is 1. The quantitative estimate of drug-likeness (QED) is 0.320. The number of hydrogen-bond donors (Lipinski definition) is 3. The maximum Gasteiger partial charge on any atom is 0.319 e. The van der Waals surface area contributed by atoms with E-state index in [2.05, 4.69) is 15.2 Å². The Morgan fingerprint density at radius 1 is 1.06 bits per heavy atom. The molecule has 47 heavy (non-hydrogen) atoms. The first-order chi connectivity index (χ1) is 22.6. The molecule has 252 valence electrons. The minimum Gasteiger partial charge on any atom is -0.461 e. The molecule has 8 rings (SSSR count). The highest BCUT2D eigenvalue weighted by Gasteiger charge is 2.49. The van der Waals surface area contributed by atoms with Crippen LogP contribution in [0.15, 0.2) is 18.2 Å². The lowest BCUT2D eigenvalue weighted by atomic mass is 9.89. The lowest BCUT2D eigenvalue weighted by molar-refractivity contribution is -0.121. The van der Waals surface area contributed by atoms with Crippen LogP contribution in [0.2, 0.25) is 5.02 Å². The number of nitrogens with two attached hydrogens (primary N) is 1. The molecule has 6 bridgehead atoms. The third kappa shape index (κ3) is 6.08. The molecule has 13 heteroatoms. The Hall–Kier alpha value is -3.35. The smallest absolute Gasteiger partial charge is 0.319 e. The van der Waals surface area contributed by atoms with Crippen molar-refractivity contribution in [3.63, 3.8) is 0 Å². The molecule has 3 saturated heterocycles. The highest BCUT2D eigenvalue weighted by molar-refractivity contribution is 6.32. The van der Waals surface area contributed by atoms with E-state index in [-0.39, 0.29) is 53.3 Å². The normalized spacial score (nSPS) is 27.0. The van der Waals surface area contributed by atoms with Gasteiger partial charge in [-0.3, -0.25) is 9.69 Å². The molecule has 2 unspecified atom stereocenters. The molecule has 2 aromatic carbocycles. The minimum absolute atomic E-state index is 0.00512. The number of aromatic nitrogens is 2. The van der Waals surface area contributed by atoms with Crippen molar-refractivity contribution in [1.29, 1.82) is 0 Å². The van der Waals surface area contributed by atoms with Crippen molar-refractivity contribution in [2.24, 2.45) is 0 Å². The van der Waals surface area contributed by atoms with E-state index in [9.17, 15) is 18.7 Å². The third-order valence-electron chi connectivity index (χ3n) is 10.5. The van der Waals surface area contributed by atoms with Gasteiger partial charge in [0.1, 0.15) is 24.1 Å². The van der Waals surface area contributed by atoms with Crippen molar-refractivity contribution < 1.29 is 27.8 Å². The predicted molar refractivity (Wildman–Crippen MR) is 174 cm³/mol. The van der Waals surface area contributed by atoms with Gasteiger partial charge in [0.05, 0.1) is 21.8 Å². The number of ether oxygens (including phenoxy) is 1. The molecular weight excluding hydrogens is 633 g/mol. The molecule has 0 spiro atoms. The van der Waals surface area contributed by atoms with Crippen molar-refractivity contribution >= 4 is 39.9 Å². The number of hydrogen-bond acceptors (Lipinski definition) is 8. The van der Waals surface area contributed by atoms with Crippen LogP contribution in [0.25, 0.3) is 22.0 Å². The number of fused-ring (bicyclic) bond motifs is 9. The first-order valence-electron chi connectivity index (χ1n) is 16.6. The van der Waals surface area contributed by atoms with Crippen LogP contribution < -0.4 is 20.7 Å². The van der Waals surface area contributed by atoms with E-state index in [1.165, 1.54) is 6.07 Å². The fourth-order valence-electron chi connectivity index (χ4n) is 8.06. The number of benzene rings is 2. The lowest BCUT2D eigenvalue weighted by Crippen LogP contribution is -2.50. The maximum absolute atomic E-state index is 16.9. The molecule has 5 aliphatic rings. The summed E-state index contributed by atoms with van der Waals surface area (Å²) >= 11 is 6.48. The number of rotatable bonds is 3. The van der Waals surface area contributed by atoms with Gasteiger partial charge in [0.2, 0.25) is 5.91 Å². The standard InChI is InChI=1S/C34H40ClF3N6O3/c35-27-21-5-1-2-6-26(45)40-12-11-34(46)10-4-13-43(18-34)31-23-8-7-22(24(21)15-25(39)29(27)38)28(37)30(23)41-32(42-31)47-19-33-9-3-14-44(33)17-20(36)16-33/h7-8,15,20,46H,1-6,9-14,16-19,39H2,(H,40,45)/t20?,33-,34?/m0/s1. The number of halogens is 4. The summed E-state index contributed by atoms with van der Waals surface area (Å²) in [4.78, 5) is 26.0. The number of nitrogens with zero attached hydrogens (tertiary/aromatic N) is 4. The van der Waals surface area contributed by atoms with Crippen molar-refractivity contribution in [3.8, 4) is 17.1 Å². The van der Waals surface area contributed by atoms with Gasteiger partial charge in [-0.15, -0.1) is 0 Å². The summed E-state index contributed by atoms with van der Waals surface area (Å²) in [6.45, 7) is 2.39. The summed E-state index contributed by atoms with van der Waals surface area (Å²) in [5.41, 5.74) is 5.10. The van der Waals surface area contributed by atoms with E-state index in [0.29, 0.717) is 86.9 Å². The van der Waals surface area contributed by atoms with Crippen molar-refractivity contribution in [3.05, 3.63) is 40.4 Å². The number of aliphatic hydroxyl groups is 1. The number of anilines is 2.